The number of rotatable bonds is 4. The van der Waals surface area contributed by atoms with Crippen molar-refractivity contribution in [3.8, 4) is 17.1 Å². The molecule has 0 aliphatic heterocycles. The van der Waals surface area contributed by atoms with Gasteiger partial charge >= 0.3 is 0 Å². The lowest BCUT2D eigenvalue weighted by Crippen LogP contribution is -2.04. The Labute approximate surface area is 134 Å². The van der Waals surface area contributed by atoms with Crippen LogP contribution in [0.15, 0.2) is 48.5 Å². The second-order valence-electron chi connectivity index (χ2n) is 5.00. The maximum atomic E-state index is 6.03. The summed E-state index contributed by atoms with van der Waals surface area (Å²) in [6, 6.07) is 15.5. The first-order valence-corrected chi connectivity index (χ1v) is 7.34. The minimum atomic E-state index is 0.670. The van der Waals surface area contributed by atoms with E-state index < -0.39 is 0 Å². The van der Waals surface area contributed by atoms with Gasteiger partial charge in [0.2, 0.25) is 0 Å². The van der Waals surface area contributed by atoms with Crippen LogP contribution >= 0.6 is 11.6 Å². The van der Waals surface area contributed by atoms with Crippen molar-refractivity contribution < 1.29 is 4.74 Å². The minimum absolute atomic E-state index is 0.670. The van der Waals surface area contributed by atoms with Gasteiger partial charge in [-0.25, -0.2) is 9.67 Å². The third kappa shape index (κ3) is 3.12. The van der Waals surface area contributed by atoms with Gasteiger partial charge in [0.15, 0.2) is 5.82 Å². The van der Waals surface area contributed by atoms with Crippen molar-refractivity contribution in [1.82, 2.24) is 14.8 Å². The van der Waals surface area contributed by atoms with Gasteiger partial charge in [-0.3, -0.25) is 0 Å². The molecule has 0 amide bonds. The molecule has 0 spiro atoms. The molecule has 1 aromatic heterocycles. The molecule has 112 valence electrons. The number of aryl methyl sites for hydroxylation is 1. The van der Waals surface area contributed by atoms with Gasteiger partial charge in [0, 0.05) is 10.6 Å². The number of aromatic nitrogens is 3. The Hall–Kier alpha value is -2.33. The lowest BCUT2D eigenvalue weighted by molar-refractivity contribution is 0.414. The Balaban J connectivity index is 1.85. The van der Waals surface area contributed by atoms with E-state index in [1.165, 1.54) is 0 Å². The molecule has 0 saturated heterocycles. The molecule has 0 aliphatic rings. The van der Waals surface area contributed by atoms with Crippen molar-refractivity contribution in [2.75, 3.05) is 7.11 Å². The highest BCUT2D eigenvalue weighted by atomic mass is 35.5. The molecule has 3 rings (SSSR count). The Bertz CT molecular complexity index is 781. The summed E-state index contributed by atoms with van der Waals surface area (Å²) < 4.78 is 7.06. The average molecular weight is 314 g/mol. The van der Waals surface area contributed by atoms with Crippen LogP contribution in [0.25, 0.3) is 11.4 Å². The zero-order valence-corrected chi connectivity index (χ0v) is 13.2. The standard InChI is InChI=1S/C17H16ClN3O/c1-12-19-17(14-4-3-5-15(18)10-14)20-21(12)11-13-6-8-16(22-2)9-7-13/h3-10H,11H2,1-2H3. The Morgan fingerprint density at radius 3 is 2.59 bits per heavy atom. The summed E-state index contributed by atoms with van der Waals surface area (Å²) in [6.07, 6.45) is 0. The molecular weight excluding hydrogens is 298 g/mol. The zero-order valence-electron chi connectivity index (χ0n) is 12.5. The monoisotopic (exact) mass is 313 g/mol. The summed E-state index contributed by atoms with van der Waals surface area (Å²) in [6.45, 7) is 2.62. The van der Waals surface area contributed by atoms with Crippen LogP contribution in [0.2, 0.25) is 5.02 Å². The van der Waals surface area contributed by atoms with Gasteiger partial charge in [0.25, 0.3) is 0 Å². The van der Waals surface area contributed by atoms with E-state index in [1.807, 2.05) is 60.1 Å². The largest absolute Gasteiger partial charge is 0.497 e. The van der Waals surface area contributed by atoms with E-state index in [9.17, 15) is 0 Å². The van der Waals surface area contributed by atoms with Gasteiger partial charge in [0.05, 0.1) is 13.7 Å². The van der Waals surface area contributed by atoms with Crippen LogP contribution < -0.4 is 4.74 Å². The van der Waals surface area contributed by atoms with Crippen LogP contribution in [-0.4, -0.2) is 21.9 Å². The van der Waals surface area contributed by atoms with E-state index in [1.54, 1.807) is 7.11 Å². The SMILES string of the molecule is COc1ccc(Cn2nc(-c3cccc(Cl)c3)nc2C)cc1. The number of methoxy groups -OCH3 is 1. The van der Waals surface area contributed by atoms with Crippen LogP contribution in [-0.2, 0) is 6.54 Å². The van der Waals surface area contributed by atoms with Crippen LogP contribution in [0.3, 0.4) is 0 Å². The molecule has 1 heterocycles. The van der Waals surface area contributed by atoms with E-state index >= 15 is 0 Å². The number of halogens is 1. The first-order valence-electron chi connectivity index (χ1n) is 6.96. The molecule has 2 aromatic carbocycles. The van der Waals surface area contributed by atoms with E-state index in [2.05, 4.69) is 10.1 Å². The molecule has 3 aromatic rings. The molecular formula is C17H16ClN3O. The fraction of sp³-hybridized carbons (Fsp3) is 0.176. The third-order valence-corrected chi connectivity index (χ3v) is 3.67. The highest BCUT2D eigenvalue weighted by molar-refractivity contribution is 6.30. The van der Waals surface area contributed by atoms with Crippen molar-refractivity contribution in [2.45, 2.75) is 13.5 Å². The summed E-state index contributed by atoms with van der Waals surface area (Å²) in [4.78, 5) is 4.52. The molecule has 22 heavy (non-hydrogen) atoms. The lowest BCUT2D eigenvalue weighted by atomic mass is 10.2. The van der Waals surface area contributed by atoms with Crippen molar-refractivity contribution >= 4 is 11.6 Å². The van der Waals surface area contributed by atoms with Gasteiger partial charge in [-0.15, -0.1) is 0 Å². The third-order valence-electron chi connectivity index (χ3n) is 3.43. The molecule has 5 heteroatoms. The van der Waals surface area contributed by atoms with Gasteiger partial charge in [-0.05, 0) is 36.8 Å². The van der Waals surface area contributed by atoms with Gasteiger partial charge in [-0.2, -0.15) is 5.10 Å². The fourth-order valence-corrected chi connectivity index (χ4v) is 2.41. The molecule has 0 aliphatic carbocycles. The summed E-state index contributed by atoms with van der Waals surface area (Å²) >= 11 is 6.03. The summed E-state index contributed by atoms with van der Waals surface area (Å²) in [5, 5.41) is 5.26. The van der Waals surface area contributed by atoms with Crippen LogP contribution in [0.4, 0.5) is 0 Å². The average Bonchev–Trinajstić information content (AvgIpc) is 2.89. The smallest absolute Gasteiger partial charge is 0.181 e. The van der Waals surface area contributed by atoms with Crippen LogP contribution in [0.5, 0.6) is 5.75 Å². The minimum Gasteiger partial charge on any atom is -0.497 e. The molecule has 0 radical (unpaired) electrons. The number of nitrogens with zero attached hydrogens (tertiary/aromatic N) is 3. The number of hydrogen-bond acceptors (Lipinski definition) is 3. The van der Waals surface area contributed by atoms with Gasteiger partial charge < -0.3 is 4.74 Å². The summed E-state index contributed by atoms with van der Waals surface area (Å²) in [5.74, 6) is 2.40. The fourth-order valence-electron chi connectivity index (χ4n) is 2.22. The van der Waals surface area contributed by atoms with E-state index in [0.29, 0.717) is 17.4 Å². The van der Waals surface area contributed by atoms with Crippen LogP contribution in [0.1, 0.15) is 11.4 Å². The lowest BCUT2D eigenvalue weighted by Gasteiger charge is -2.04. The molecule has 0 N–H and O–H groups in total. The second-order valence-corrected chi connectivity index (χ2v) is 5.44. The normalized spacial score (nSPS) is 10.7. The molecule has 0 bridgehead atoms. The van der Waals surface area contributed by atoms with Gasteiger partial charge in [-0.1, -0.05) is 35.9 Å². The second kappa shape index (κ2) is 6.20. The molecule has 0 unspecified atom stereocenters. The topological polar surface area (TPSA) is 39.9 Å². The van der Waals surface area contributed by atoms with Crippen LogP contribution in [0, 0.1) is 6.92 Å². The van der Waals surface area contributed by atoms with Crippen molar-refractivity contribution in [3.63, 3.8) is 0 Å². The maximum Gasteiger partial charge on any atom is 0.181 e. The Kier molecular flexibility index (Phi) is 4.11. The highest BCUT2D eigenvalue weighted by Gasteiger charge is 2.09. The van der Waals surface area contributed by atoms with E-state index in [0.717, 1.165) is 22.7 Å². The Morgan fingerprint density at radius 1 is 1.14 bits per heavy atom. The van der Waals surface area contributed by atoms with Crippen molar-refractivity contribution in [3.05, 3.63) is 64.9 Å². The number of hydrogen-bond donors (Lipinski definition) is 0. The maximum absolute atomic E-state index is 6.03. The first-order chi connectivity index (χ1) is 10.7. The molecule has 0 saturated carbocycles. The van der Waals surface area contributed by atoms with E-state index in [-0.39, 0.29) is 0 Å². The van der Waals surface area contributed by atoms with Crippen molar-refractivity contribution in [2.24, 2.45) is 0 Å². The summed E-state index contributed by atoms with van der Waals surface area (Å²) in [7, 11) is 1.66. The molecule has 0 atom stereocenters. The van der Waals surface area contributed by atoms with Crippen molar-refractivity contribution in [1.29, 1.82) is 0 Å². The zero-order chi connectivity index (χ0) is 15.5. The van der Waals surface area contributed by atoms with E-state index in [4.69, 9.17) is 16.3 Å². The number of ether oxygens (including phenoxy) is 1. The molecule has 0 fully saturated rings. The Morgan fingerprint density at radius 2 is 1.91 bits per heavy atom. The quantitative estimate of drug-likeness (QED) is 0.732. The highest BCUT2D eigenvalue weighted by Crippen LogP contribution is 2.20. The first kappa shape index (κ1) is 14.6. The predicted octanol–water partition coefficient (Wildman–Crippen LogP) is 3.96. The summed E-state index contributed by atoms with van der Waals surface area (Å²) in [5.41, 5.74) is 2.07. The molecule has 4 nitrogen and oxygen atoms in total. The predicted molar refractivity (Wildman–Crippen MR) is 87.3 cm³/mol. The van der Waals surface area contributed by atoms with Gasteiger partial charge in [0.1, 0.15) is 11.6 Å². The number of benzene rings is 2.